The first-order valence-electron chi connectivity index (χ1n) is 18.4. The van der Waals surface area contributed by atoms with E-state index in [1.54, 1.807) is 0 Å². The van der Waals surface area contributed by atoms with Gasteiger partial charge < -0.3 is 57.6 Å². The lowest BCUT2D eigenvalue weighted by molar-refractivity contribution is -0.312. The molecule has 3 rings (SSSR count). The number of aromatic nitrogens is 2. The van der Waals surface area contributed by atoms with Crippen molar-refractivity contribution in [1.82, 2.24) is 9.55 Å². The standard InChI is InChI=1S/C35H46N3O24P/c1-15(39)36-26-10-11-38(34(48)37-26)32-31(59-22(8)46)29(58-21(7)45)25(60-32)14-53-63(49,50)62-35(33(47)51-9)12-23(54-17(3)41)27(56-19(5)43)30(61-35)28(57-20(6)44)24(55-18(4)42)13-52-16(2)40/h10-11,23-25,27-32H,12-14H2,1-9H3,(H,49,50)(H,36,37,39,48)/t23-,24+,25+,27+,28+,29+,30+,31+,32+,35+/m0/s1. The first-order chi connectivity index (χ1) is 29.3. The first kappa shape index (κ1) is 51.5. The van der Waals surface area contributed by atoms with Gasteiger partial charge in [-0.15, -0.1) is 0 Å². The second-order valence-electron chi connectivity index (χ2n) is 13.5. The number of carbonyl (C=O) groups is 9. The van der Waals surface area contributed by atoms with E-state index in [0.717, 1.165) is 73.3 Å². The third-order valence-electron chi connectivity index (χ3n) is 8.33. The van der Waals surface area contributed by atoms with Crippen molar-refractivity contribution in [3.63, 3.8) is 0 Å². The second-order valence-corrected chi connectivity index (χ2v) is 14.9. The third kappa shape index (κ3) is 14.6. The van der Waals surface area contributed by atoms with Gasteiger partial charge in [0.2, 0.25) is 5.91 Å². The molecule has 28 heteroatoms. The SMILES string of the molecule is COC(=O)[C@]1(OP(=O)(O)OC[C@H]2O[C@@H](n3ccc(NC(C)=O)nc3=O)[C@H](OC(C)=O)[C@@H]2OC(C)=O)C[C@H](OC(C)=O)[C@@H](OC(C)=O)[C@H]([C@H](OC(C)=O)[C@@H](COC(C)=O)OC(C)=O)O1. The molecule has 0 bridgehead atoms. The van der Waals surface area contributed by atoms with E-state index in [4.69, 9.17) is 56.4 Å². The molecule has 2 N–H and O–H groups in total. The summed E-state index contributed by atoms with van der Waals surface area (Å²) in [6, 6.07) is 1.17. The second kappa shape index (κ2) is 22.0. The maximum atomic E-state index is 14.0. The number of rotatable bonds is 18. The van der Waals surface area contributed by atoms with Crippen LogP contribution in [0.2, 0.25) is 0 Å². The lowest BCUT2D eigenvalue weighted by Gasteiger charge is -2.47. The number of nitrogens with zero attached hydrogens (tertiary/aromatic N) is 2. The van der Waals surface area contributed by atoms with Gasteiger partial charge in [-0.25, -0.2) is 18.7 Å². The average molecular weight is 924 g/mol. The Hall–Kier alpha value is -5.86. The van der Waals surface area contributed by atoms with Crippen LogP contribution in [0.25, 0.3) is 0 Å². The number of nitrogens with one attached hydrogen (secondary N) is 1. The van der Waals surface area contributed by atoms with Gasteiger partial charge >= 0.3 is 61.3 Å². The zero-order valence-electron chi connectivity index (χ0n) is 35.2. The summed E-state index contributed by atoms with van der Waals surface area (Å²) >= 11 is 0. The highest BCUT2D eigenvalue weighted by Crippen LogP contribution is 2.52. The Kier molecular flexibility index (Phi) is 18.0. The van der Waals surface area contributed by atoms with Gasteiger partial charge in [0.25, 0.3) is 5.79 Å². The van der Waals surface area contributed by atoms with Crippen molar-refractivity contribution in [2.45, 2.75) is 123 Å². The fourth-order valence-corrected chi connectivity index (χ4v) is 7.28. The van der Waals surface area contributed by atoms with E-state index in [9.17, 15) is 57.4 Å². The van der Waals surface area contributed by atoms with Crippen LogP contribution in [0.4, 0.5) is 5.82 Å². The van der Waals surface area contributed by atoms with Crippen LogP contribution in [-0.2, 0) is 104 Å². The molecule has 2 aliphatic heterocycles. The highest BCUT2D eigenvalue weighted by molar-refractivity contribution is 7.47. The number of anilines is 1. The van der Waals surface area contributed by atoms with E-state index in [-0.39, 0.29) is 5.82 Å². The molecule has 1 aromatic rings. The van der Waals surface area contributed by atoms with Crippen molar-refractivity contribution >= 4 is 67.3 Å². The lowest BCUT2D eigenvalue weighted by atomic mass is 9.90. The average Bonchev–Trinajstić information content (AvgIpc) is 3.45. The largest absolute Gasteiger partial charge is 0.475 e. The van der Waals surface area contributed by atoms with Crippen LogP contribution in [0.3, 0.4) is 0 Å². The molecular formula is C35H46N3O24P. The van der Waals surface area contributed by atoms with E-state index in [1.165, 1.54) is 6.07 Å². The van der Waals surface area contributed by atoms with E-state index in [1.807, 2.05) is 0 Å². The monoisotopic (exact) mass is 923 g/mol. The van der Waals surface area contributed by atoms with Crippen LogP contribution in [-0.4, -0.2) is 143 Å². The molecule has 0 spiro atoms. The van der Waals surface area contributed by atoms with Gasteiger partial charge in [0.1, 0.15) is 30.7 Å². The van der Waals surface area contributed by atoms with E-state index in [2.05, 4.69) is 10.3 Å². The Morgan fingerprint density at radius 2 is 1.41 bits per heavy atom. The normalized spacial score (nSPS) is 26.0. The van der Waals surface area contributed by atoms with Crippen molar-refractivity contribution in [3.05, 3.63) is 22.7 Å². The predicted octanol–water partition coefficient (Wildman–Crippen LogP) is -0.956. The molecule has 350 valence electrons. The summed E-state index contributed by atoms with van der Waals surface area (Å²) in [5.41, 5.74) is -1.07. The van der Waals surface area contributed by atoms with E-state index in [0.29, 0.717) is 0 Å². The molecule has 2 aliphatic rings. The summed E-state index contributed by atoms with van der Waals surface area (Å²) in [7, 11) is -5.06. The maximum absolute atomic E-state index is 14.0. The summed E-state index contributed by atoms with van der Waals surface area (Å²) < 4.78 is 78.9. The molecule has 1 aromatic heterocycles. The van der Waals surface area contributed by atoms with Gasteiger partial charge in [-0.3, -0.25) is 47.4 Å². The molecule has 63 heavy (non-hydrogen) atoms. The number of phosphoric acid groups is 1. The van der Waals surface area contributed by atoms with Crippen molar-refractivity contribution in [3.8, 4) is 0 Å². The lowest BCUT2D eigenvalue weighted by Crippen LogP contribution is -2.66. The van der Waals surface area contributed by atoms with Crippen molar-refractivity contribution in [2.75, 3.05) is 25.6 Å². The molecule has 0 aliphatic carbocycles. The molecule has 0 radical (unpaired) electrons. The van der Waals surface area contributed by atoms with Gasteiger partial charge in [-0.1, -0.05) is 0 Å². The van der Waals surface area contributed by atoms with Crippen molar-refractivity contribution in [2.24, 2.45) is 0 Å². The number of phosphoric ester groups is 1. The Morgan fingerprint density at radius 3 is 1.92 bits per heavy atom. The zero-order chi connectivity index (χ0) is 47.6. The molecule has 3 heterocycles. The van der Waals surface area contributed by atoms with E-state index >= 15 is 0 Å². The molecular weight excluding hydrogens is 877 g/mol. The molecule has 0 aromatic carbocycles. The maximum Gasteiger partial charge on any atom is 0.475 e. The number of hydrogen-bond donors (Lipinski definition) is 2. The van der Waals surface area contributed by atoms with Crippen LogP contribution < -0.4 is 11.0 Å². The molecule has 0 saturated carbocycles. The number of amides is 1. The summed E-state index contributed by atoms with van der Waals surface area (Å²) in [5, 5.41) is 2.30. The number of esters is 8. The van der Waals surface area contributed by atoms with Crippen molar-refractivity contribution < 1.29 is 109 Å². The van der Waals surface area contributed by atoms with Gasteiger partial charge in [-0.05, 0) is 6.07 Å². The zero-order valence-corrected chi connectivity index (χ0v) is 36.0. The van der Waals surface area contributed by atoms with Crippen LogP contribution in [0, 0.1) is 0 Å². The highest BCUT2D eigenvalue weighted by atomic mass is 31.2. The Morgan fingerprint density at radius 1 is 0.841 bits per heavy atom. The smallest absolute Gasteiger partial charge is 0.465 e. The Balaban J connectivity index is 2.14. The Bertz CT molecular complexity index is 2040. The molecule has 1 unspecified atom stereocenters. The number of carbonyl (C=O) groups excluding carboxylic acids is 9. The number of methoxy groups -OCH3 is 1. The molecule has 2 saturated heterocycles. The fourth-order valence-electron chi connectivity index (χ4n) is 6.33. The predicted molar refractivity (Wildman–Crippen MR) is 198 cm³/mol. The van der Waals surface area contributed by atoms with Gasteiger partial charge in [0, 0.05) is 61.6 Å². The molecule has 11 atom stereocenters. The minimum atomic E-state index is -5.83. The fraction of sp³-hybridized carbons (Fsp3) is 0.629. The quantitative estimate of drug-likeness (QED) is 0.102. The van der Waals surface area contributed by atoms with Crippen LogP contribution >= 0.6 is 7.82 Å². The first-order valence-corrected chi connectivity index (χ1v) is 19.9. The summed E-state index contributed by atoms with van der Waals surface area (Å²) in [6.07, 6.45) is -16.7. The number of ether oxygens (including phenoxy) is 10. The third-order valence-corrected chi connectivity index (χ3v) is 9.33. The topological polar surface area (TPSA) is 349 Å². The van der Waals surface area contributed by atoms with Gasteiger partial charge in [-0.2, -0.15) is 4.98 Å². The van der Waals surface area contributed by atoms with Gasteiger partial charge in [0.05, 0.1) is 20.1 Å². The molecule has 27 nitrogen and oxygen atoms in total. The molecule has 1 amide bonds. The number of hydrogen-bond acceptors (Lipinski definition) is 24. The van der Waals surface area contributed by atoms with Crippen molar-refractivity contribution in [1.29, 1.82) is 0 Å². The van der Waals surface area contributed by atoms with Crippen LogP contribution in [0.15, 0.2) is 17.1 Å². The van der Waals surface area contributed by atoms with E-state index < -0.39 is 148 Å². The highest BCUT2D eigenvalue weighted by Gasteiger charge is 2.63. The minimum Gasteiger partial charge on any atom is -0.465 e. The summed E-state index contributed by atoms with van der Waals surface area (Å²) in [4.78, 5) is 139. The van der Waals surface area contributed by atoms with Crippen LogP contribution in [0.5, 0.6) is 0 Å². The van der Waals surface area contributed by atoms with Crippen LogP contribution in [0.1, 0.15) is 68.0 Å². The summed E-state index contributed by atoms with van der Waals surface area (Å²) in [5.74, 6) is -12.9. The summed E-state index contributed by atoms with van der Waals surface area (Å²) in [6.45, 7) is 5.62. The molecule has 2 fully saturated rings. The minimum absolute atomic E-state index is 0.173. The Labute approximate surface area is 356 Å². The van der Waals surface area contributed by atoms with Gasteiger partial charge in [0.15, 0.2) is 36.7 Å².